The van der Waals surface area contributed by atoms with Crippen LogP contribution in [0.4, 0.5) is 0 Å². The van der Waals surface area contributed by atoms with Crippen molar-refractivity contribution in [3.63, 3.8) is 0 Å². The number of ether oxygens (including phenoxy) is 2. The molecule has 0 fully saturated rings. The fraction of sp³-hybridized carbons (Fsp3) is 0.182. The number of methoxy groups -OCH3 is 1. The summed E-state index contributed by atoms with van der Waals surface area (Å²) in [6.45, 7) is 2.70. The van der Waals surface area contributed by atoms with Gasteiger partial charge < -0.3 is 14.0 Å². The number of esters is 1. The quantitative estimate of drug-likeness (QED) is 0.470. The Hall–Kier alpha value is -3.34. The molecule has 138 valence electrons. The van der Waals surface area contributed by atoms with E-state index in [-0.39, 0.29) is 0 Å². The topological polar surface area (TPSA) is 53.4 Å². The molecule has 0 radical (unpaired) electrons. The molecule has 0 unspecified atom stereocenters. The van der Waals surface area contributed by atoms with Crippen LogP contribution in [0, 0.1) is 0 Å². The number of hydrogen-bond acceptors (Lipinski definition) is 4. The molecule has 2 aromatic carbocycles. The maximum atomic E-state index is 12.6. The average molecular weight is 362 g/mol. The first-order valence-electron chi connectivity index (χ1n) is 8.79. The second kappa shape index (κ2) is 8.85. The summed E-state index contributed by atoms with van der Waals surface area (Å²) in [6, 6.07) is 17.6. The van der Waals surface area contributed by atoms with Gasteiger partial charge in [-0.1, -0.05) is 42.5 Å². The van der Waals surface area contributed by atoms with Crippen molar-refractivity contribution in [1.29, 1.82) is 0 Å². The van der Waals surface area contributed by atoms with E-state index in [4.69, 9.17) is 9.47 Å². The molecule has 0 atom stereocenters. The van der Waals surface area contributed by atoms with Crippen molar-refractivity contribution in [2.24, 2.45) is 0 Å². The third-order valence-electron chi connectivity index (χ3n) is 4.05. The van der Waals surface area contributed by atoms with Gasteiger partial charge in [0.25, 0.3) is 0 Å². The van der Waals surface area contributed by atoms with Gasteiger partial charge in [-0.15, -0.1) is 0 Å². The second-order valence-electron chi connectivity index (χ2n) is 5.92. The number of carbonyl (C=O) groups excluding carboxylic acids is 1. The Bertz CT molecular complexity index is 929. The zero-order valence-electron chi connectivity index (χ0n) is 15.5. The van der Waals surface area contributed by atoms with Gasteiger partial charge in [0, 0.05) is 18.9 Å². The van der Waals surface area contributed by atoms with Crippen LogP contribution in [0.25, 0.3) is 11.6 Å². The third-order valence-corrected chi connectivity index (χ3v) is 4.05. The molecule has 5 heteroatoms. The minimum Gasteiger partial charge on any atom is -0.497 e. The average Bonchev–Trinajstić information content (AvgIpc) is 3.15. The van der Waals surface area contributed by atoms with E-state index in [2.05, 4.69) is 4.98 Å². The molecular formula is C22H22N2O3. The Balaban J connectivity index is 2.00. The molecular weight excluding hydrogens is 340 g/mol. The fourth-order valence-corrected chi connectivity index (χ4v) is 2.78. The number of imidazole rings is 1. The predicted octanol–water partition coefficient (Wildman–Crippen LogP) is 4.04. The van der Waals surface area contributed by atoms with E-state index in [1.54, 1.807) is 26.3 Å². The highest BCUT2D eigenvalue weighted by molar-refractivity contribution is 6.20. The van der Waals surface area contributed by atoms with Crippen molar-refractivity contribution in [3.05, 3.63) is 83.9 Å². The molecule has 0 bridgehead atoms. The maximum Gasteiger partial charge on any atom is 0.341 e. The fourth-order valence-electron chi connectivity index (χ4n) is 2.78. The van der Waals surface area contributed by atoms with Crippen LogP contribution < -0.4 is 4.74 Å². The van der Waals surface area contributed by atoms with Gasteiger partial charge in [0.15, 0.2) is 0 Å². The molecule has 0 aliphatic heterocycles. The Labute approximate surface area is 158 Å². The van der Waals surface area contributed by atoms with Gasteiger partial charge in [-0.2, -0.15) is 0 Å². The zero-order valence-corrected chi connectivity index (χ0v) is 15.5. The third kappa shape index (κ3) is 4.64. The largest absolute Gasteiger partial charge is 0.497 e. The van der Waals surface area contributed by atoms with Crippen LogP contribution in [-0.2, 0) is 16.1 Å². The maximum absolute atomic E-state index is 12.6. The van der Waals surface area contributed by atoms with E-state index in [9.17, 15) is 4.79 Å². The van der Waals surface area contributed by atoms with Crippen LogP contribution in [0.15, 0.2) is 67.0 Å². The normalized spacial score (nSPS) is 11.3. The number of carbonyl (C=O) groups is 1. The van der Waals surface area contributed by atoms with E-state index in [1.807, 2.05) is 65.4 Å². The first-order valence-corrected chi connectivity index (χ1v) is 8.79. The summed E-state index contributed by atoms with van der Waals surface area (Å²) in [5.74, 6) is 0.889. The van der Waals surface area contributed by atoms with Gasteiger partial charge >= 0.3 is 5.97 Å². The number of aromatic nitrogens is 2. The summed E-state index contributed by atoms with van der Waals surface area (Å²) in [5.41, 5.74) is 2.37. The summed E-state index contributed by atoms with van der Waals surface area (Å²) in [7, 11) is 1.61. The molecule has 0 saturated carbocycles. The van der Waals surface area contributed by atoms with E-state index < -0.39 is 5.97 Å². The Morgan fingerprint density at radius 1 is 1.15 bits per heavy atom. The van der Waals surface area contributed by atoms with E-state index in [1.165, 1.54) is 0 Å². The van der Waals surface area contributed by atoms with Crippen LogP contribution in [-0.4, -0.2) is 29.2 Å². The van der Waals surface area contributed by atoms with Crippen LogP contribution in [0.1, 0.15) is 23.9 Å². The molecule has 0 amide bonds. The zero-order chi connectivity index (χ0) is 19.1. The minimum absolute atomic E-state index is 0.299. The molecule has 1 heterocycles. The summed E-state index contributed by atoms with van der Waals surface area (Å²) in [6.07, 6.45) is 5.34. The first-order chi connectivity index (χ1) is 13.2. The highest BCUT2D eigenvalue weighted by atomic mass is 16.5. The molecule has 0 spiro atoms. The molecule has 0 N–H and O–H groups in total. The first kappa shape index (κ1) is 18.5. The Morgan fingerprint density at radius 3 is 2.70 bits per heavy atom. The lowest BCUT2D eigenvalue weighted by Gasteiger charge is -2.11. The molecule has 5 nitrogen and oxygen atoms in total. The molecule has 1 aromatic heterocycles. The van der Waals surface area contributed by atoms with Gasteiger partial charge in [0.05, 0.1) is 13.7 Å². The van der Waals surface area contributed by atoms with Crippen LogP contribution in [0.5, 0.6) is 5.75 Å². The molecule has 3 rings (SSSR count). The lowest BCUT2D eigenvalue weighted by Crippen LogP contribution is -2.12. The molecule has 3 aromatic rings. The van der Waals surface area contributed by atoms with E-state index in [0.717, 1.165) is 16.9 Å². The molecule has 0 aliphatic rings. The second-order valence-corrected chi connectivity index (χ2v) is 5.92. The summed E-state index contributed by atoms with van der Waals surface area (Å²) >= 11 is 0. The van der Waals surface area contributed by atoms with E-state index in [0.29, 0.717) is 24.5 Å². The van der Waals surface area contributed by atoms with Crippen molar-refractivity contribution in [3.8, 4) is 5.75 Å². The van der Waals surface area contributed by atoms with Crippen molar-refractivity contribution >= 4 is 17.6 Å². The number of hydrogen-bond donors (Lipinski definition) is 0. The van der Waals surface area contributed by atoms with Crippen molar-refractivity contribution in [1.82, 2.24) is 9.55 Å². The standard InChI is InChI=1S/C22H22N2O3/c1-3-27-22(25)20(15-18-10-7-11-19(14-18)26-2)21-23-12-13-24(21)16-17-8-5-4-6-9-17/h4-15H,3,16H2,1-2H3/b20-15+. The Morgan fingerprint density at radius 2 is 1.96 bits per heavy atom. The minimum atomic E-state index is -0.402. The smallest absolute Gasteiger partial charge is 0.341 e. The van der Waals surface area contributed by atoms with Crippen LogP contribution in [0.2, 0.25) is 0 Å². The van der Waals surface area contributed by atoms with Gasteiger partial charge in [0.2, 0.25) is 0 Å². The monoisotopic (exact) mass is 362 g/mol. The summed E-state index contributed by atoms with van der Waals surface area (Å²) in [4.78, 5) is 17.0. The van der Waals surface area contributed by atoms with Crippen LogP contribution >= 0.6 is 0 Å². The number of rotatable bonds is 7. The summed E-state index contributed by atoms with van der Waals surface area (Å²) < 4.78 is 12.5. The molecule has 0 saturated heterocycles. The highest BCUT2D eigenvalue weighted by Gasteiger charge is 2.19. The van der Waals surface area contributed by atoms with Gasteiger partial charge in [-0.25, -0.2) is 9.78 Å². The number of nitrogens with zero attached hydrogens (tertiary/aromatic N) is 2. The Kier molecular flexibility index (Phi) is 6.05. The SMILES string of the molecule is CCOC(=O)/C(=C/c1cccc(OC)c1)c1nccn1Cc1ccccc1. The van der Waals surface area contributed by atoms with Gasteiger partial charge in [-0.3, -0.25) is 0 Å². The van der Waals surface area contributed by atoms with Crippen molar-refractivity contribution in [2.75, 3.05) is 13.7 Å². The lowest BCUT2D eigenvalue weighted by molar-refractivity contribution is -0.136. The van der Waals surface area contributed by atoms with Crippen molar-refractivity contribution < 1.29 is 14.3 Å². The molecule has 0 aliphatic carbocycles. The van der Waals surface area contributed by atoms with Crippen molar-refractivity contribution in [2.45, 2.75) is 13.5 Å². The van der Waals surface area contributed by atoms with Gasteiger partial charge in [-0.05, 0) is 36.3 Å². The number of benzene rings is 2. The predicted molar refractivity (Wildman–Crippen MR) is 105 cm³/mol. The summed E-state index contributed by atoms with van der Waals surface area (Å²) in [5, 5.41) is 0. The van der Waals surface area contributed by atoms with Gasteiger partial charge in [0.1, 0.15) is 17.1 Å². The molecule has 27 heavy (non-hydrogen) atoms. The van der Waals surface area contributed by atoms with Crippen LogP contribution in [0.3, 0.4) is 0 Å². The van der Waals surface area contributed by atoms with E-state index >= 15 is 0 Å². The highest BCUT2D eigenvalue weighted by Crippen LogP contribution is 2.22. The lowest BCUT2D eigenvalue weighted by atomic mass is 10.1.